The number of hydrogen-bond donors (Lipinski definition) is 3. The number of amides is 2. The van der Waals surface area contributed by atoms with Crippen molar-refractivity contribution in [3.8, 4) is 11.5 Å². The molecule has 7 heteroatoms. The van der Waals surface area contributed by atoms with Crippen LogP contribution in [-0.2, 0) is 4.79 Å². The Bertz CT molecular complexity index is 1200. The van der Waals surface area contributed by atoms with Crippen molar-refractivity contribution in [3.63, 3.8) is 0 Å². The molecule has 156 valence electrons. The van der Waals surface area contributed by atoms with Crippen molar-refractivity contribution >= 4 is 34.5 Å². The summed E-state index contributed by atoms with van der Waals surface area (Å²) in [7, 11) is 3.14. The van der Waals surface area contributed by atoms with E-state index in [0.29, 0.717) is 39.6 Å². The maximum Gasteiger partial charge on any atom is 0.258 e. The van der Waals surface area contributed by atoms with Gasteiger partial charge in [0.15, 0.2) is 11.5 Å². The van der Waals surface area contributed by atoms with Crippen LogP contribution in [0.4, 0.5) is 11.4 Å². The molecule has 0 fully saturated rings. The minimum atomic E-state index is -0.554. The lowest BCUT2D eigenvalue weighted by Gasteiger charge is -2.16. The Labute approximate surface area is 179 Å². The molecule has 0 aromatic heterocycles. The molecule has 0 saturated carbocycles. The van der Waals surface area contributed by atoms with Gasteiger partial charge in [0.05, 0.1) is 25.5 Å². The van der Waals surface area contributed by atoms with Crippen molar-refractivity contribution < 1.29 is 19.1 Å². The SMILES string of the molecule is COc1ccc(NC(=C2C(=O)Nc3cc(C(N)=O)ccc32)c2ccccc2)cc1OC. The van der Waals surface area contributed by atoms with Crippen molar-refractivity contribution in [1.29, 1.82) is 0 Å². The summed E-state index contributed by atoms with van der Waals surface area (Å²) in [5, 5.41) is 6.19. The van der Waals surface area contributed by atoms with E-state index in [1.807, 2.05) is 36.4 Å². The van der Waals surface area contributed by atoms with Crippen LogP contribution in [-0.4, -0.2) is 26.0 Å². The van der Waals surface area contributed by atoms with Crippen LogP contribution < -0.4 is 25.8 Å². The number of nitrogens with one attached hydrogen (secondary N) is 2. The number of ether oxygens (including phenoxy) is 2. The molecule has 3 aromatic carbocycles. The van der Waals surface area contributed by atoms with Gasteiger partial charge < -0.3 is 25.8 Å². The molecule has 4 rings (SSSR count). The Hall–Kier alpha value is -4.26. The standard InChI is InChI=1S/C24H21N3O4/c1-30-19-11-9-16(13-20(19)31-2)26-22(14-6-4-3-5-7-14)21-17-10-8-15(23(25)28)12-18(17)27-24(21)29/h3-13,26H,1-2H3,(H2,25,28)(H,27,29). The summed E-state index contributed by atoms with van der Waals surface area (Å²) in [5.74, 6) is 0.335. The first-order valence-corrected chi connectivity index (χ1v) is 9.56. The van der Waals surface area contributed by atoms with Crippen molar-refractivity contribution in [1.82, 2.24) is 0 Å². The highest BCUT2D eigenvalue weighted by Gasteiger charge is 2.29. The summed E-state index contributed by atoms with van der Waals surface area (Å²) < 4.78 is 10.7. The maximum atomic E-state index is 13.0. The summed E-state index contributed by atoms with van der Waals surface area (Å²) in [4.78, 5) is 24.5. The average molecular weight is 415 g/mol. The van der Waals surface area contributed by atoms with E-state index in [2.05, 4.69) is 10.6 Å². The number of anilines is 2. The van der Waals surface area contributed by atoms with Crippen molar-refractivity contribution in [2.75, 3.05) is 24.9 Å². The molecule has 0 radical (unpaired) electrons. The van der Waals surface area contributed by atoms with E-state index in [4.69, 9.17) is 15.2 Å². The first-order chi connectivity index (χ1) is 15.0. The molecule has 0 atom stereocenters. The molecule has 1 aliphatic heterocycles. The predicted octanol–water partition coefficient (Wildman–Crippen LogP) is 3.74. The van der Waals surface area contributed by atoms with Gasteiger partial charge >= 0.3 is 0 Å². The average Bonchev–Trinajstić information content (AvgIpc) is 3.12. The van der Waals surface area contributed by atoms with Crippen molar-refractivity contribution in [2.45, 2.75) is 0 Å². The Kier molecular flexibility index (Phi) is 5.32. The topological polar surface area (TPSA) is 103 Å². The molecule has 0 aliphatic carbocycles. The van der Waals surface area contributed by atoms with Gasteiger partial charge in [-0.2, -0.15) is 0 Å². The lowest BCUT2D eigenvalue weighted by molar-refractivity contribution is -0.110. The molecule has 0 bridgehead atoms. The number of primary amides is 1. The third-order valence-corrected chi connectivity index (χ3v) is 5.01. The number of carbonyl (C=O) groups is 2. The Morgan fingerprint density at radius 1 is 0.903 bits per heavy atom. The minimum absolute atomic E-state index is 0.275. The van der Waals surface area contributed by atoms with Crippen molar-refractivity contribution in [2.24, 2.45) is 5.73 Å². The Morgan fingerprint density at radius 2 is 1.65 bits per heavy atom. The number of fused-ring (bicyclic) bond motifs is 1. The number of nitrogens with two attached hydrogens (primary N) is 1. The largest absolute Gasteiger partial charge is 0.493 e. The van der Waals surface area contributed by atoms with Gasteiger partial charge in [-0.3, -0.25) is 9.59 Å². The van der Waals surface area contributed by atoms with Gasteiger partial charge in [0.25, 0.3) is 5.91 Å². The molecule has 1 heterocycles. The summed E-state index contributed by atoms with van der Waals surface area (Å²) in [6, 6.07) is 19.9. The molecular weight excluding hydrogens is 394 g/mol. The molecular formula is C24H21N3O4. The van der Waals surface area contributed by atoms with Gasteiger partial charge in [0, 0.05) is 28.6 Å². The highest BCUT2D eigenvalue weighted by atomic mass is 16.5. The second kappa shape index (κ2) is 8.23. The third kappa shape index (κ3) is 3.81. The zero-order chi connectivity index (χ0) is 22.0. The molecule has 31 heavy (non-hydrogen) atoms. The summed E-state index contributed by atoms with van der Waals surface area (Å²) in [6.07, 6.45) is 0. The normalized spacial score (nSPS) is 13.8. The highest BCUT2D eigenvalue weighted by Crippen LogP contribution is 2.39. The Balaban J connectivity index is 1.87. The van der Waals surface area contributed by atoms with Crippen molar-refractivity contribution in [3.05, 3.63) is 83.4 Å². The van der Waals surface area contributed by atoms with Gasteiger partial charge in [-0.1, -0.05) is 36.4 Å². The van der Waals surface area contributed by atoms with E-state index in [1.165, 1.54) is 0 Å². The maximum absolute atomic E-state index is 13.0. The first-order valence-electron chi connectivity index (χ1n) is 9.56. The van der Waals surface area contributed by atoms with Crippen LogP contribution >= 0.6 is 0 Å². The predicted molar refractivity (Wildman–Crippen MR) is 120 cm³/mol. The Morgan fingerprint density at radius 3 is 2.32 bits per heavy atom. The third-order valence-electron chi connectivity index (χ3n) is 5.01. The molecule has 3 aromatic rings. The molecule has 0 spiro atoms. The van der Waals surface area contributed by atoms with E-state index >= 15 is 0 Å². The first kappa shape index (κ1) is 20.0. The van der Waals surface area contributed by atoms with Crippen LogP contribution in [0.15, 0.2) is 66.7 Å². The second-order valence-corrected chi connectivity index (χ2v) is 6.89. The molecule has 4 N–H and O–H groups in total. The second-order valence-electron chi connectivity index (χ2n) is 6.89. The van der Waals surface area contributed by atoms with Crippen LogP contribution in [0.5, 0.6) is 11.5 Å². The zero-order valence-corrected chi connectivity index (χ0v) is 17.1. The number of hydrogen-bond acceptors (Lipinski definition) is 5. The lowest BCUT2D eigenvalue weighted by Crippen LogP contribution is -2.11. The van der Waals surface area contributed by atoms with Crippen LogP contribution in [0.25, 0.3) is 11.3 Å². The van der Waals surface area contributed by atoms with Crippen LogP contribution in [0.2, 0.25) is 0 Å². The molecule has 0 unspecified atom stereocenters. The van der Waals surface area contributed by atoms with Gasteiger partial charge in [-0.25, -0.2) is 0 Å². The van der Waals surface area contributed by atoms with E-state index in [0.717, 1.165) is 11.3 Å². The number of rotatable bonds is 6. The summed E-state index contributed by atoms with van der Waals surface area (Å²) >= 11 is 0. The fourth-order valence-electron chi connectivity index (χ4n) is 3.52. The fraction of sp³-hybridized carbons (Fsp3) is 0.0833. The van der Waals surface area contributed by atoms with E-state index in [-0.39, 0.29) is 5.91 Å². The van der Waals surface area contributed by atoms with Gasteiger partial charge in [0.2, 0.25) is 5.91 Å². The number of methoxy groups -OCH3 is 2. The van der Waals surface area contributed by atoms with Crippen LogP contribution in [0, 0.1) is 0 Å². The zero-order valence-electron chi connectivity index (χ0n) is 17.1. The fourth-order valence-corrected chi connectivity index (χ4v) is 3.52. The van der Waals surface area contributed by atoms with Gasteiger partial charge in [-0.05, 0) is 29.8 Å². The monoisotopic (exact) mass is 415 g/mol. The molecule has 0 saturated heterocycles. The smallest absolute Gasteiger partial charge is 0.258 e. The van der Waals surface area contributed by atoms with E-state index < -0.39 is 5.91 Å². The van der Waals surface area contributed by atoms with E-state index in [1.54, 1.807) is 44.6 Å². The van der Waals surface area contributed by atoms with Crippen LogP contribution in [0.3, 0.4) is 0 Å². The minimum Gasteiger partial charge on any atom is -0.493 e. The number of benzene rings is 3. The summed E-state index contributed by atoms with van der Waals surface area (Å²) in [6.45, 7) is 0. The van der Waals surface area contributed by atoms with E-state index in [9.17, 15) is 9.59 Å². The lowest BCUT2D eigenvalue weighted by atomic mass is 9.99. The molecule has 1 aliphatic rings. The quantitative estimate of drug-likeness (QED) is 0.532. The molecule has 7 nitrogen and oxygen atoms in total. The number of carbonyl (C=O) groups excluding carboxylic acids is 2. The van der Waals surface area contributed by atoms with Gasteiger partial charge in [-0.15, -0.1) is 0 Å². The molecule has 2 amide bonds. The highest BCUT2D eigenvalue weighted by molar-refractivity contribution is 6.37. The van der Waals surface area contributed by atoms with Gasteiger partial charge in [0.1, 0.15) is 0 Å². The summed E-state index contributed by atoms with van der Waals surface area (Å²) in [5.41, 5.74) is 9.57. The van der Waals surface area contributed by atoms with Crippen LogP contribution in [0.1, 0.15) is 21.5 Å².